The summed E-state index contributed by atoms with van der Waals surface area (Å²) in [5, 5.41) is 8.67. The van der Waals surface area contributed by atoms with Crippen LogP contribution in [0.25, 0.3) is 0 Å². The fraction of sp³-hybridized carbons (Fsp3) is 0.154. The topological polar surface area (TPSA) is 74.9 Å². The van der Waals surface area contributed by atoms with Gasteiger partial charge in [0.1, 0.15) is 0 Å². The molecule has 2 aromatic rings. The van der Waals surface area contributed by atoms with Crippen molar-refractivity contribution < 1.29 is 8.42 Å². The summed E-state index contributed by atoms with van der Waals surface area (Å²) in [6, 6.07) is 11.5. The van der Waals surface area contributed by atoms with E-state index >= 15 is 0 Å². The Bertz CT molecular complexity index is 709. The number of nitriles is 1. The molecule has 0 unspecified atom stereocenters. The summed E-state index contributed by atoms with van der Waals surface area (Å²) in [5.41, 5.74) is 1.30. The second kappa shape index (κ2) is 5.26. The zero-order valence-electron chi connectivity index (χ0n) is 10.4. The molecule has 1 aromatic carbocycles. The monoisotopic (exact) mass is 275 g/mol. The van der Waals surface area contributed by atoms with Gasteiger partial charge >= 0.3 is 0 Å². The molecule has 0 fully saturated rings. The highest BCUT2D eigenvalue weighted by Gasteiger charge is 2.13. The van der Waals surface area contributed by atoms with E-state index in [0.717, 1.165) is 5.69 Å². The average molecular weight is 275 g/mol. The Balaban J connectivity index is 2.14. The molecular formula is C13H13N3O2S. The molecule has 0 amide bonds. The smallest absolute Gasteiger partial charge is 0.240 e. The highest BCUT2D eigenvalue weighted by Crippen LogP contribution is 2.11. The van der Waals surface area contributed by atoms with E-state index in [0.29, 0.717) is 5.56 Å². The van der Waals surface area contributed by atoms with Crippen LogP contribution in [0.2, 0.25) is 0 Å². The third-order valence-electron chi connectivity index (χ3n) is 2.79. The van der Waals surface area contributed by atoms with E-state index < -0.39 is 10.0 Å². The first-order valence-electron chi connectivity index (χ1n) is 5.63. The van der Waals surface area contributed by atoms with E-state index in [2.05, 4.69) is 4.72 Å². The molecule has 1 aromatic heterocycles. The van der Waals surface area contributed by atoms with Crippen LogP contribution in [0.5, 0.6) is 0 Å². The third kappa shape index (κ3) is 3.02. The van der Waals surface area contributed by atoms with Crippen molar-refractivity contribution in [1.82, 2.24) is 9.29 Å². The van der Waals surface area contributed by atoms with Crippen molar-refractivity contribution in [1.29, 1.82) is 5.26 Å². The highest BCUT2D eigenvalue weighted by molar-refractivity contribution is 7.89. The summed E-state index contributed by atoms with van der Waals surface area (Å²) in [6.45, 7) is 0.228. The molecule has 0 radical (unpaired) electrons. The molecule has 1 N–H and O–H groups in total. The Morgan fingerprint density at radius 2 is 1.95 bits per heavy atom. The van der Waals surface area contributed by atoms with Gasteiger partial charge in [-0.25, -0.2) is 13.1 Å². The van der Waals surface area contributed by atoms with Gasteiger partial charge in [-0.05, 0) is 36.4 Å². The average Bonchev–Trinajstić information content (AvgIpc) is 2.82. The van der Waals surface area contributed by atoms with Crippen molar-refractivity contribution in [3.05, 3.63) is 53.9 Å². The van der Waals surface area contributed by atoms with E-state index in [4.69, 9.17) is 5.26 Å². The standard InChI is InChI=1S/C13H13N3O2S/c1-16-8-2-3-12(16)10-15-19(17,18)13-6-4-11(9-14)5-7-13/h2-8,15H,10H2,1H3. The fourth-order valence-corrected chi connectivity index (χ4v) is 2.64. The van der Waals surface area contributed by atoms with E-state index in [1.54, 1.807) is 0 Å². The first-order valence-corrected chi connectivity index (χ1v) is 7.11. The van der Waals surface area contributed by atoms with Crippen molar-refractivity contribution >= 4 is 10.0 Å². The van der Waals surface area contributed by atoms with Crippen LogP contribution in [-0.2, 0) is 23.6 Å². The summed E-state index contributed by atoms with van der Waals surface area (Å²) >= 11 is 0. The number of benzene rings is 1. The molecule has 0 spiro atoms. The number of rotatable bonds is 4. The molecule has 2 rings (SSSR count). The summed E-state index contributed by atoms with van der Waals surface area (Å²) in [6.07, 6.45) is 1.85. The lowest BCUT2D eigenvalue weighted by atomic mass is 10.2. The fourth-order valence-electron chi connectivity index (χ4n) is 1.64. The second-order valence-electron chi connectivity index (χ2n) is 4.07. The van der Waals surface area contributed by atoms with E-state index in [9.17, 15) is 8.42 Å². The third-order valence-corrected chi connectivity index (χ3v) is 4.21. The SMILES string of the molecule is Cn1cccc1CNS(=O)(=O)c1ccc(C#N)cc1. The zero-order valence-corrected chi connectivity index (χ0v) is 11.2. The number of nitrogens with one attached hydrogen (secondary N) is 1. The second-order valence-corrected chi connectivity index (χ2v) is 5.84. The molecule has 0 aliphatic rings. The molecule has 98 valence electrons. The van der Waals surface area contributed by atoms with E-state index in [1.807, 2.05) is 36.0 Å². The van der Waals surface area contributed by atoms with Gasteiger partial charge in [0, 0.05) is 18.9 Å². The van der Waals surface area contributed by atoms with Crippen molar-refractivity contribution in [2.75, 3.05) is 0 Å². The van der Waals surface area contributed by atoms with Gasteiger partial charge in [0.15, 0.2) is 0 Å². The lowest BCUT2D eigenvalue weighted by molar-refractivity contribution is 0.579. The summed E-state index contributed by atoms with van der Waals surface area (Å²) < 4.78 is 28.4. The van der Waals surface area contributed by atoms with Gasteiger partial charge in [0.05, 0.1) is 23.1 Å². The maximum Gasteiger partial charge on any atom is 0.240 e. The molecule has 5 nitrogen and oxygen atoms in total. The van der Waals surface area contributed by atoms with Crippen LogP contribution >= 0.6 is 0 Å². The quantitative estimate of drug-likeness (QED) is 0.915. The maximum absolute atomic E-state index is 12.0. The van der Waals surface area contributed by atoms with Crippen LogP contribution in [0.1, 0.15) is 11.3 Å². The predicted molar refractivity (Wildman–Crippen MR) is 70.6 cm³/mol. The Morgan fingerprint density at radius 3 is 2.47 bits per heavy atom. The van der Waals surface area contributed by atoms with Crippen molar-refractivity contribution in [3.63, 3.8) is 0 Å². The van der Waals surface area contributed by atoms with Crippen molar-refractivity contribution in [2.45, 2.75) is 11.4 Å². The molecule has 0 aliphatic heterocycles. The minimum absolute atomic E-state index is 0.153. The predicted octanol–water partition coefficient (Wildman–Crippen LogP) is 1.38. The molecule has 0 saturated heterocycles. The minimum Gasteiger partial charge on any atom is -0.353 e. The van der Waals surface area contributed by atoms with Gasteiger partial charge in [0.2, 0.25) is 10.0 Å². The molecule has 1 heterocycles. The molecule has 0 aliphatic carbocycles. The molecule has 0 atom stereocenters. The minimum atomic E-state index is -3.55. The lowest BCUT2D eigenvalue weighted by Crippen LogP contribution is -2.24. The molecular weight excluding hydrogens is 262 g/mol. The van der Waals surface area contributed by atoms with Crippen LogP contribution in [0.3, 0.4) is 0 Å². The Kier molecular flexibility index (Phi) is 3.69. The van der Waals surface area contributed by atoms with Crippen LogP contribution in [0.4, 0.5) is 0 Å². The van der Waals surface area contributed by atoms with Crippen LogP contribution in [0, 0.1) is 11.3 Å². The van der Waals surface area contributed by atoms with Crippen LogP contribution < -0.4 is 4.72 Å². The van der Waals surface area contributed by atoms with Crippen LogP contribution in [0.15, 0.2) is 47.5 Å². The van der Waals surface area contributed by atoms with Crippen LogP contribution in [-0.4, -0.2) is 13.0 Å². The van der Waals surface area contributed by atoms with Gasteiger partial charge in [-0.2, -0.15) is 5.26 Å². The summed E-state index contributed by atoms with van der Waals surface area (Å²) in [4.78, 5) is 0.153. The zero-order chi connectivity index (χ0) is 13.9. The summed E-state index contributed by atoms with van der Waals surface area (Å²) in [5.74, 6) is 0. The Labute approximate surface area is 112 Å². The molecule has 6 heteroatoms. The molecule has 0 saturated carbocycles. The number of aryl methyl sites for hydroxylation is 1. The van der Waals surface area contributed by atoms with Gasteiger partial charge in [-0.15, -0.1) is 0 Å². The number of aromatic nitrogens is 1. The number of hydrogen-bond acceptors (Lipinski definition) is 3. The first-order chi connectivity index (χ1) is 9.03. The number of hydrogen-bond donors (Lipinski definition) is 1. The highest BCUT2D eigenvalue weighted by atomic mass is 32.2. The number of nitrogens with zero attached hydrogens (tertiary/aromatic N) is 2. The van der Waals surface area contributed by atoms with Gasteiger partial charge in [0.25, 0.3) is 0 Å². The molecule has 19 heavy (non-hydrogen) atoms. The van der Waals surface area contributed by atoms with Gasteiger partial charge < -0.3 is 4.57 Å². The number of sulfonamides is 1. The summed E-state index contributed by atoms with van der Waals surface area (Å²) in [7, 11) is -1.70. The normalized spacial score (nSPS) is 11.2. The Morgan fingerprint density at radius 1 is 1.26 bits per heavy atom. The van der Waals surface area contributed by atoms with Gasteiger partial charge in [-0.1, -0.05) is 0 Å². The van der Waals surface area contributed by atoms with Gasteiger partial charge in [-0.3, -0.25) is 0 Å². The van der Waals surface area contributed by atoms with E-state index in [-0.39, 0.29) is 11.4 Å². The van der Waals surface area contributed by atoms with Crippen molar-refractivity contribution in [3.8, 4) is 6.07 Å². The Hall–Kier alpha value is -2.10. The van der Waals surface area contributed by atoms with Crippen molar-refractivity contribution in [2.24, 2.45) is 7.05 Å². The maximum atomic E-state index is 12.0. The molecule has 0 bridgehead atoms. The first kappa shape index (κ1) is 13.3. The lowest BCUT2D eigenvalue weighted by Gasteiger charge is -2.07. The largest absolute Gasteiger partial charge is 0.353 e. The van der Waals surface area contributed by atoms with E-state index in [1.165, 1.54) is 24.3 Å².